The Kier molecular flexibility index (Phi) is 4.34. The second kappa shape index (κ2) is 6.80. The molecule has 0 aliphatic carbocycles. The minimum atomic E-state index is -0.259. The molecule has 0 aliphatic heterocycles. The van der Waals surface area contributed by atoms with Crippen LogP contribution in [0.3, 0.4) is 0 Å². The molecule has 5 nitrogen and oxygen atoms in total. The van der Waals surface area contributed by atoms with Gasteiger partial charge >= 0.3 is 0 Å². The smallest absolute Gasteiger partial charge is 0.295 e. The third kappa shape index (κ3) is 3.04. The van der Waals surface area contributed by atoms with Gasteiger partial charge < -0.3 is 8.83 Å². The number of fused-ring (bicyclic) bond motifs is 1. The largest absolute Gasteiger partial charge is 0.467 e. The topological polar surface area (TPSA) is 59.5 Å². The first kappa shape index (κ1) is 16.6. The molecule has 0 bridgehead atoms. The van der Waals surface area contributed by atoms with E-state index < -0.39 is 0 Å². The number of carbonyl (C=O) groups excluding carboxylic acids is 1. The minimum Gasteiger partial charge on any atom is -0.467 e. The molecule has 4 aromatic rings. The van der Waals surface area contributed by atoms with Gasteiger partial charge in [0.2, 0.25) is 0 Å². The lowest BCUT2D eigenvalue weighted by Gasteiger charge is -2.19. The van der Waals surface area contributed by atoms with Gasteiger partial charge in [-0.2, -0.15) is 0 Å². The van der Waals surface area contributed by atoms with Crippen LogP contribution in [0.25, 0.3) is 11.0 Å². The predicted octanol–water partition coefficient (Wildman–Crippen LogP) is 5.34. The number of aromatic nitrogens is 1. The lowest BCUT2D eigenvalue weighted by molar-refractivity contribution is 0.0957. The molecule has 4 rings (SSSR count). The Hall–Kier alpha value is -2.86. The zero-order chi connectivity index (χ0) is 18.1. The number of benzene rings is 1. The second-order valence-electron chi connectivity index (χ2n) is 5.86. The first-order chi connectivity index (χ1) is 12.6. The molecule has 0 N–H and O–H groups in total. The fourth-order valence-electron chi connectivity index (χ4n) is 2.85. The molecular formula is C20H15BrN2O3. The van der Waals surface area contributed by atoms with Gasteiger partial charge in [0.15, 0.2) is 5.76 Å². The molecule has 3 aromatic heterocycles. The molecule has 1 amide bonds. The number of halogens is 1. The van der Waals surface area contributed by atoms with E-state index in [0.29, 0.717) is 22.9 Å². The standard InChI is InChI=1S/C20H15BrN2O3/c1-13-16-11-14(21)7-8-17(16)26-19(13)20(24)23(12-15-5-4-10-25-15)18-6-2-3-9-22-18/h2-11H,12H2,1H3. The van der Waals surface area contributed by atoms with Crippen molar-refractivity contribution >= 4 is 38.6 Å². The van der Waals surface area contributed by atoms with Crippen LogP contribution in [-0.4, -0.2) is 10.9 Å². The summed E-state index contributed by atoms with van der Waals surface area (Å²) >= 11 is 3.46. The third-order valence-electron chi connectivity index (χ3n) is 4.16. The Labute approximate surface area is 158 Å². The highest BCUT2D eigenvalue weighted by Gasteiger charge is 2.26. The van der Waals surface area contributed by atoms with Crippen molar-refractivity contribution in [2.75, 3.05) is 4.90 Å². The number of pyridine rings is 1. The molecule has 3 heterocycles. The summed E-state index contributed by atoms with van der Waals surface area (Å²) in [6.45, 7) is 2.15. The highest BCUT2D eigenvalue weighted by atomic mass is 79.9. The van der Waals surface area contributed by atoms with Crippen molar-refractivity contribution in [2.24, 2.45) is 0 Å². The molecule has 0 unspecified atom stereocenters. The van der Waals surface area contributed by atoms with Gasteiger partial charge in [0, 0.05) is 21.6 Å². The second-order valence-corrected chi connectivity index (χ2v) is 6.77. The first-order valence-corrected chi connectivity index (χ1v) is 8.87. The van der Waals surface area contributed by atoms with Crippen molar-refractivity contribution in [3.05, 3.63) is 82.5 Å². The number of rotatable bonds is 4. The number of hydrogen-bond donors (Lipinski definition) is 0. The van der Waals surface area contributed by atoms with Gasteiger partial charge in [-0.25, -0.2) is 4.98 Å². The van der Waals surface area contributed by atoms with Gasteiger partial charge in [0.1, 0.15) is 17.2 Å². The maximum absolute atomic E-state index is 13.3. The Morgan fingerprint density at radius 2 is 2.08 bits per heavy atom. The van der Waals surface area contributed by atoms with Crippen LogP contribution in [-0.2, 0) is 6.54 Å². The summed E-state index contributed by atoms with van der Waals surface area (Å²) in [5.74, 6) is 1.25. The Bertz CT molecular complexity index is 1060. The van der Waals surface area contributed by atoms with E-state index in [9.17, 15) is 4.79 Å². The van der Waals surface area contributed by atoms with Crippen LogP contribution in [0.15, 0.2) is 74.3 Å². The fourth-order valence-corrected chi connectivity index (χ4v) is 3.21. The van der Waals surface area contributed by atoms with E-state index in [1.54, 1.807) is 29.5 Å². The summed E-state index contributed by atoms with van der Waals surface area (Å²) in [7, 11) is 0. The summed E-state index contributed by atoms with van der Waals surface area (Å²) in [4.78, 5) is 19.2. The van der Waals surface area contributed by atoms with Gasteiger partial charge in [-0.1, -0.05) is 22.0 Å². The van der Waals surface area contributed by atoms with Crippen molar-refractivity contribution in [3.8, 4) is 0 Å². The van der Waals surface area contributed by atoms with Crippen LogP contribution in [0.5, 0.6) is 0 Å². The van der Waals surface area contributed by atoms with E-state index >= 15 is 0 Å². The zero-order valence-electron chi connectivity index (χ0n) is 14.0. The number of carbonyl (C=O) groups is 1. The first-order valence-electron chi connectivity index (χ1n) is 8.07. The van der Waals surface area contributed by atoms with Crippen LogP contribution < -0.4 is 4.90 Å². The zero-order valence-corrected chi connectivity index (χ0v) is 15.6. The Morgan fingerprint density at radius 3 is 2.81 bits per heavy atom. The number of nitrogens with zero attached hydrogens (tertiary/aromatic N) is 2. The molecule has 26 heavy (non-hydrogen) atoms. The predicted molar refractivity (Wildman–Crippen MR) is 102 cm³/mol. The summed E-state index contributed by atoms with van der Waals surface area (Å²) in [5.41, 5.74) is 1.47. The SMILES string of the molecule is Cc1c(C(=O)N(Cc2ccco2)c2ccccn2)oc2ccc(Br)cc12. The van der Waals surface area contributed by atoms with Gasteiger partial charge in [-0.3, -0.25) is 9.69 Å². The van der Waals surface area contributed by atoms with Gasteiger partial charge in [0.25, 0.3) is 5.91 Å². The quantitative estimate of drug-likeness (QED) is 0.455. The fraction of sp³-hybridized carbons (Fsp3) is 0.100. The molecular weight excluding hydrogens is 396 g/mol. The maximum atomic E-state index is 13.3. The maximum Gasteiger partial charge on any atom is 0.295 e. The summed E-state index contributed by atoms with van der Waals surface area (Å²) in [6, 6.07) is 14.7. The molecule has 0 saturated carbocycles. The highest BCUT2D eigenvalue weighted by molar-refractivity contribution is 9.10. The molecule has 0 fully saturated rings. The van der Waals surface area contributed by atoms with Crippen molar-refractivity contribution in [2.45, 2.75) is 13.5 Å². The van der Waals surface area contributed by atoms with E-state index in [-0.39, 0.29) is 12.5 Å². The molecule has 0 aliphatic rings. The van der Waals surface area contributed by atoms with Crippen molar-refractivity contribution in [1.82, 2.24) is 4.98 Å². The lowest BCUT2D eigenvalue weighted by atomic mass is 10.1. The van der Waals surface area contributed by atoms with E-state index in [2.05, 4.69) is 20.9 Å². The molecule has 130 valence electrons. The van der Waals surface area contributed by atoms with Crippen LogP contribution in [0, 0.1) is 6.92 Å². The van der Waals surface area contributed by atoms with E-state index in [0.717, 1.165) is 15.4 Å². The van der Waals surface area contributed by atoms with E-state index in [1.807, 2.05) is 43.3 Å². The van der Waals surface area contributed by atoms with Gasteiger partial charge in [-0.05, 0) is 49.4 Å². The third-order valence-corrected chi connectivity index (χ3v) is 4.65. The highest BCUT2D eigenvalue weighted by Crippen LogP contribution is 2.30. The van der Waals surface area contributed by atoms with Gasteiger partial charge in [0.05, 0.1) is 12.8 Å². The summed E-state index contributed by atoms with van der Waals surface area (Å²) in [6.07, 6.45) is 3.24. The van der Waals surface area contributed by atoms with E-state index in [4.69, 9.17) is 8.83 Å². The number of anilines is 1. The van der Waals surface area contributed by atoms with Crippen LogP contribution in [0.4, 0.5) is 5.82 Å². The molecule has 0 radical (unpaired) electrons. The number of amides is 1. The molecule has 6 heteroatoms. The van der Waals surface area contributed by atoms with Crippen molar-refractivity contribution in [3.63, 3.8) is 0 Å². The molecule has 0 atom stereocenters. The monoisotopic (exact) mass is 410 g/mol. The lowest BCUT2D eigenvalue weighted by Crippen LogP contribution is -2.31. The average Bonchev–Trinajstić information content (AvgIpc) is 3.28. The summed E-state index contributed by atoms with van der Waals surface area (Å²) < 4.78 is 12.2. The number of hydrogen-bond acceptors (Lipinski definition) is 4. The summed E-state index contributed by atoms with van der Waals surface area (Å²) in [5, 5.41) is 0.904. The Morgan fingerprint density at radius 1 is 1.19 bits per heavy atom. The van der Waals surface area contributed by atoms with Crippen molar-refractivity contribution < 1.29 is 13.6 Å². The number of aryl methyl sites for hydroxylation is 1. The van der Waals surface area contributed by atoms with Gasteiger partial charge in [-0.15, -0.1) is 0 Å². The molecule has 0 spiro atoms. The minimum absolute atomic E-state index is 0.259. The van der Waals surface area contributed by atoms with Crippen LogP contribution in [0.2, 0.25) is 0 Å². The normalized spacial score (nSPS) is 11.0. The van der Waals surface area contributed by atoms with E-state index in [1.165, 1.54) is 0 Å². The Balaban J connectivity index is 1.78. The molecule has 0 saturated heterocycles. The van der Waals surface area contributed by atoms with Crippen LogP contribution in [0.1, 0.15) is 21.9 Å². The average molecular weight is 411 g/mol. The molecule has 1 aromatic carbocycles. The van der Waals surface area contributed by atoms with Crippen molar-refractivity contribution in [1.29, 1.82) is 0 Å². The van der Waals surface area contributed by atoms with Crippen LogP contribution >= 0.6 is 15.9 Å². The number of furan rings is 2.